The molecule has 0 fully saturated rings. The minimum Gasteiger partial charge on any atom is -0.469 e. The van der Waals surface area contributed by atoms with Gasteiger partial charge in [-0.05, 0) is 31.2 Å². The molecular formula is C21H23N3O4. The van der Waals surface area contributed by atoms with Crippen LogP contribution in [0.2, 0.25) is 0 Å². The maximum absolute atomic E-state index is 13.1. The average molecular weight is 381 g/mol. The number of furan rings is 1. The lowest BCUT2D eigenvalue weighted by atomic mass is 10.1. The standard InChI is InChI=1S/C21H23N3O4/c1-14(21(26)27-4)12-23(3)20(25)17-13-24(16-8-6-5-7-9-16)22-19(17)18-11-10-15(2)28-18/h5-11,13-14H,12H2,1-4H3. The fourth-order valence-corrected chi connectivity index (χ4v) is 2.96. The number of benzene rings is 1. The van der Waals surface area contributed by atoms with Crippen molar-refractivity contribution < 1.29 is 18.7 Å². The summed E-state index contributed by atoms with van der Waals surface area (Å²) in [4.78, 5) is 26.3. The smallest absolute Gasteiger partial charge is 0.310 e. The van der Waals surface area contributed by atoms with E-state index in [1.54, 1.807) is 30.9 Å². The van der Waals surface area contributed by atoms with Crippen molar-refractivity contribution in [2.45, 2.75) is 13.8 Å². The number of hydrogen-bond donors (Lipinski definition) is 0. The summed E-state index contributed by atoms with van der Waals surface area (Å²) in [6, 6.07) is 13.1. The summed E-state index contributed by atoms with van der Waals surface area (Å²) in [5, 5.41) is 4.58. The van der Waals surface area contributed by atoms with Crippen molar-refractivity contribution in [2.24, 2.45) is 5.92 Å². The summed E-state index contributed by atoms with van der Waals surface area (Å²) in [7, 11) is 2.99. The molecule has 7 heteroatoms. The van der Waals surface area contributed by atoms with Crippen LogP contribution in [0.5, 0.6) is 0 Å². The molecule has 3 rings (SSSR count). The van der Waals surface area contributed by atoms with Crippen LogP contribution in [-0.4, -0.2) is 47.3 Å². The fraction of sp³-hybridized carbons (Fsp3) is 0.286. The van der Waals surface area contributed by atoms with Crippen LogP contribution in [0, 0.1) is 12.8 Å². The Labute approximate surface area is 163 Å². The zero-order chi connectivity index (χ0) is 20.3. The van der Waals surface area contributed by atoms with Gasteiger partial charge in [0.1, 0.15) is 11.5 Å². The highest BCUT2D eigenvalue weighted by Crippen LogP contribution is 2.26. The first-order valence-corrected chi connectivity index (χ1v) is 8.96. The second-order valence-electron chi connectivity index (χ2n) is 6.69. The Balaban J connectivity index is 1.97. The van der Waals surface area contributed by atoms with E-state index in [0.717, 1.165) is 11.4 Å². The second-order valence-corrected chi connectivity index (χ2v) is 6.69. The van der Waals surface area contributed by atoms with Gasteiger partial charge in [0, 0.05) is 19.8 Å². The molecule has 0 aliphatic rings. The number of esters is 1. The van der Waals surface area contributed by atoms with Crippen LogP contribution < -0.4 is 0 Å². The summed E-state index contributed by atoms with van der Waals surface area (Å²) in [6.07, 6.45) is 1.68. The van der Waals surface area contributed by atoms with Gasteiger partial charge >= 0.3 is 5.97 Å². The molecule has 0 N–H and O–H groups in total. The third kappa shape index (κ3) is 3.98. The Morgan fingerprint density at radius 1 is 1.21 bits per heavy atom. The van der Waals surface area contributed by atoms with Gasteiger partial charge in [0.15, 0.2) is 5.76 Å². The monoisotopic (exact) mass is 381 g/mol. The maximum Gasteiger partial charge on any atom is 0.310 e. The summed E-state index contributed by atoms with van der Waals surface area (Å²) in [5.41, 5.74) is 1.69. The van der Waals surface area contributed by atoms with Gasteiger partial charge in [-0.15, -0.1) is 0 Å². The third-order valence-electron chi connectivity index (χ3n) is 4.44. The van der Waals surface area contributed by atoms with Gasteiger partial charge in [-0.3, -0.25) is 9.59 Å². The van der Waals surface area contributed by atoms with E-state index in [2.05, 4.69) is 5.10 Å². The number of rotatable bonds is 6. The first kappa shape index (κ1) is 19.4. The number of carbonyl (C=O) groups is 2. The third-order valence-corrected chi connectivity index (χ3v) is 4.44. The Kier molecular flexibility index (Phi) is 5.63. The summed E-state index contributed by atoms with van der Waals surface area (Å²) >= 11 is 0. The van der Waals surface area contributed by atoms with Gasteiger partial charge in [0.05, 0.1) is 24.3 Å². The number of carbonyl (C=O) groups excluding carboxylic acids is 2. The van der Waals surface area contributed by atoms with Crippen molar-refractivity contribution in [3.8, 4) is 17.1 Å². The van der Waals surface area contributed by atoms with Gasteiger partial charge < -0.3 is 14.1 Å². The van der Waals surface area contributed by atoms with Crippen LogP contribution in [0.25, 0.3) is 17.1 Å². The van der Waals surface area contributed by atoms with Crippen LogP contribution >= 0.6 is 0 Å². The lowest BCUT2D eigenvalue weighted by Gasteiger charge is -2.20. The normalized spacial score (nSPS) is 11.9. The van der Waals surface area contributed by atoms with Crippen LogP contribution in [0.15, 0.2) is 53.1 Å². The molecule has 1 atom stereocenters. The van der Waals surface area contributed by atoms with Gasteiger partial charge in [0.25, 0.3) is 5.91 Å². The molecule has 0 spiro atoms. The van der Waals surface area contributed by atoms with Crippen molar-refractivity contribution >= 4 is 11.9 Å². The Bertz CT molecular complexity index is 975. The van der Waals surface area contributed by atoms with Crippen molar-refractivity contribution in [1.82, 2.24) is 14.7 Å². The lowest BCUT2D eigenvalue weighted by molar-refractivity contribution is -0.145. The average Bonchev–Trinajstić information content (AvgIpc) is 3.33. The van der Waals surface area contributed by atoms with Crippen LogP contribution in [-0.2, 0) is 9.53 Å². The number of aryl methyl sites for hydroxylation is 1. The van der Waals surface area contributed by atoms with E-state index in [1.807, 2.05) is 43.3 Å². The van der Waals surface area contributed by atoms with Crippen LogP contribution in [0.3, 0.4) is 0 Å². The molecule has 0 aliphatic heterocycles. The SMILES string of the molecule is COC(=O)C(C)CN(C)C(=O)c1cn(-c2ccccc2)nc1-c1ccc(C)o1. The Hall–Kier alpha value is -3.35. The van der Waals surface area contributed by atoms with Crippen molar-refractivity contribution in [2.75, 3.05) is 20.7 Å². The molecule has 2 aromatic heterocycles. The largest absolute Gasteiger partial charge is 0.469 e. The van der Waals surface area contributed by atoms with Crippen LogP contribution in [0.4, 0.5) is 0 Å². The highest BCUT2D eigenvalue weighted by Gasteiger charge is 2.25. The first-order valence-electron chi connectivity index (χ1n) is 8.96. The molecule has 7 nitrogen and oxygen atoms in total. The number of ether oxygens (including phenoxy) is 1. The first-order chi connectivity index (χ1) is 13.4. The van der Waals surface area contributed by atoms with E-state index >= 15 is 0 Å². The summed E-state index contributed by atoms with van der Waals surface area (Å²) < 4.78 is 12.1. The fourth-order valence-electron chi connectivity index (χ4n) is 2.96. The van der Waals surface area contributed by atoms with E-state index in [0.29, 0.717) is 17.0 Å². The van der Waals surface area contributed by atoms with Gasteiger partial charge in [-0.1, -0.05) is 25.1 Å². The minimum absolute atomic E-state index is 0.235. The Morgan fingerprint density at radius 2 is 1.93 bits per heavy atom. The molecule has 3 aromatic rings. The molecule has 1 amide bonds. The molecule has 2 heterocycles. The summed E-state index contributed by atoms with van der Waals surface area (Å²) in [5.74, 6) is 0.209. The highest BCUT2D eigenvalue weighted by atomic mass is 16.5. The van der Waals surface area contributed by atoms with E-state index in [9.17, 15) is 9.59 Å². The van der Waals surface area contributed by atoms with E-state index in [1.165, 1.54) is 12.0 Å². The highest BCUT2D eigenvalue weighted by molar-refractivity contribution is 5.99. The molecule has 146 valence electrons. The molecule has 0 saturated heterocycles. The molecule has 0 radical (unpaired) electrons. The molecule has 1 aromatic carbocycles. The lowest BCUT2D eigenvalue weighted by Crippen LogP contribution is -2.34. The topological polar surface area (TPSA) is 77.6 Å². The van der Waals surface area contributed by atoms with E-state index < -0.39 is 5.92 Å². The predicted molar refractivity (Wildman–Crippen MR) is 104 cm³/mol. The predicted octanol–water partition coefficient (Wildman–Crippen LogP) is 3.32. The van der Waals surface area contributed by atoms with Gasteiger partial charge in [-0.25, -0.2) is 4.68 Å². The number of methoxy groups -OCH3 is 1. The molecule has 0 bridgehead atoms. The van der Waals surface area contributed by atoms with Gasteiger partial charge in [0.2, 0.25) is 0 Å². The molecular weight excluding hydrogens is 358 g/mol. The van der Waals surface area contributed by atoms with Crippen molar-refractivity contribution in [3.63, 3.8) is 0 Å². The van der Waals surface area contributed by atoms with E-state index in [4.69, 9.17) is 9.15 Å². The number of nitrogens with zero attached hydrogens (tertiary/aromatic N) is 3. The van der Waals surface area contributed by atoms with Gasteiger partial charge in [-0.2, -0.15) is 5.10 Å². The molecule has 0 saturated carbocycles. The summed E-state index contributed by atoms with van der Waals surface area (Å²) in [6.45, 7) is 3.79. The number of para-hydroxylation sites is 1. The van der Waals surface area contributed by atoms with Crippen molar-refractivity contribution in [1.29, 1.82) is 0 Å². The number of aromatic nitrogens is 2. The second kappa shape index (κ2) is 8.12. The minimum atomic E-state index is -0.433. The molecule has 0 aliphatic carbocycles. The van der Waals surface area contributed by atoms with Crippen LogP contribution in [0.1, 0.15) is 23.0 Å². The van der Waals surface area contributed by atoms with Crippen molar-refractivity contribution in [3.05, 3.63) is 60.0 Å². The number of hydrogen-bond acceptors (Lipinski definition) is 5. The number of amides is 1. The molecule has 1 unspecified atom stereocenters. The molecule has 28 heavy (non-hydrogen) atoms. The van der Waals surface area contributed by atoms with E-state index in [-0.39, 0.29) is 18.4 Å². The quantitative estimate of drug-likeness (QED) is 0.612. The Morgan fingerprint density at radius 3 is 2.54 bits per heavy atom. The zero-order valence-electron chi connectivity index (χ0n) is 16.4. The zero-order valence-corrected chi connectivity index (χ0v) is 16.4. The maximum atomic E-state index is 13.1.